The topological polar surface area (TPSA) is 15.3 Å². The highest BCUT2D eigenvalue weighted by atomic mass is 35.5. The van der Waals surface area contributed by atoms with Gasteiger partial charge in [0, 0.05) is 37.2 Å². The Morgan fingerprint density at radius 2 is 1.81 bits per heavy atom. The molecular weight excluding hydrogens is 280 g/mol. The summed E-state index contributed by atoms with van der Waals surface area (Å²) in [6.07, 6.45) is 1.21. The van der Waals surface area contributed by atoms with Gasteiger partial charge in [-0.25, -0.2) is 0 Å². The van der Waals surface area contributed by atoms with Gasteiger partial charge in [0.15, 0.2) is 0 Å². The maximum atomic E-state index is 6.20. The predicted octanol–water partition coefficient (Wildman–Crippen LogP) is 3.70. The van der Waals surface area contributed by atoms with E-state index in [2.05, 4.69) is 46.6 Å². The van der Waals surface area contributed by atoms with Gasteiger partial charge in [0.2, 0.25) is 0 Å². The lowest BCUT2D eigenvalue weighted by molar-refractivity contribution is 0.320. The lowest BCUT2D eigenvalue weighted by atomic mass is 10.2. The highest BCUT2D eigenvalue weighted by molar-refractivity contribution is 6.31. The molecule has 0 bridgehead atoms. The third-order valence-electron chi connectivity index (χ3n) is 4.06. The summed E-state index contributed by atoms with van der Waals surface area (Å²) in [5.41, 5.74) is 2.57. The van der Waals surface area contributed by atoms with Crippen molar-refractivity contribution in [2.45, 2.75) is 25.6 Å². The largest absolute Gasteiger partial charge is 0.309 e. The Kier molecular flexibility index (Phi) is 4.91. The highest BCUT2D eigenvalue weighted by Crippen LogP contribution is 2.17. The molecule has 0 radical (unpaired) electrons. The van der Waals surface area contributed by atoms with Crippen molar-refractivity contribution in [3.05, 3.63) is 70.7 Å². The van der Waals surface area contributed by atoms with Gasteiger partial charge in [-0.2, -0.15) is 0 Å². The summed E-state index contributed by atoms with van der Waals surface area (Å²) >= 11 is 6.20. The summed E-state index contributed by atoms with van der Waals surface area (Å²) in [5, 5.41) is 4.48. The Morgan fingerprint density at radius 3 is 2.62 bits per heavy atom. The first-order valence-corrected chi connectivity index (χ1v) is 7.92. The molecule has 1 fully saturated rings. The lowest BCUT2D eigenvalue weighted by Gasteiger charge is -2.17. The molecule has 21 heavy (non-hydrogen) atoms. The fourth-order valence-corrected chi connectivity index (χ4v) is 3.08. The van der Waals surface area contributed by atoms with Crippen molar-refractivity contribution in [1.82, 2.24) is 10.2 Å². The third kappa shape index (κ3) is 4.07. The number of nitrogens with zero attached hydrogens (tertiary/aromatic N) is 1. The Labute approximate surface area is 131 Å². The zero-order valence-corrected chi connectivity index (χ0v) is 12.9. The van der Waals surface area contributed by atoms with Crippen LogP contribution in [0.2, 0.25) is 5.02 Å². The zero-order valence-electron chi connectivity index (χ0n) is 12.1. The van der Waals surface area contributed by atoms with E-state index in [9.17, 15) is 0 Å². The molecule has 0 aromatic heterocycles. The predicted molar refractivity (Wildman–Crippen MR) is 88.4 cm³/mol. The molecule has 1 aliphatic rings. The summed E-state index contributed by atoms with van der Waals surface area (Å²) in [7, 11) is 0. The quantitative estimate of drug-likeness (QED) is 0.905. The maximum absolute atomic E-state index is 6.20. The van der Waals surface area contributed by atoms with Crippen LogP contribution in [0.15, 0.2) is 54.6 Å². The van der Waals surface area contributed by atoms with E-state index in [4.69, 9.17) is 11.6 Å². The van der Waals surface area contributed by atoms with Crippen LogP contribution in [0.5, 0.6) is 0 Å². The van der Waals surface area contributed by atoms with Gasteiger partial charge in [0.05, 0.1) is 0 Å². The molecule has 0 spiro atoms. The summed E-state index contributed by atoms with van der Waals surface area (Å²) in [5.74, 6) is 0. The van der Waals surface area contributed by atoms with Crippen LogP contribution in [-0.2, 0) is 13.1 Å². The molecule has 1 atom stereocenters. The van der Waals surface area contributed by atoms with E-state index in [0.29, 0.717) is 6.04 Å². The van der Waals surface area contributed by atoms with Gasteiger partial charge in [-0.15, -0.1) is 0 Å². The number of nitrogens with one attached hydrogen (secondary N) is 1. The number of hydrogen-bond acceptors (Lipinski definition) is 2. The van der Waals surface area contributed by atoms with Crippen LogP contribution in [0.1, 0.15) is 17.5 Å². The van der Waals surface area contributed by atoms with E-state index in [0.717, 1.165) is 31.2 Å². The molecule has 110 valence electrons. The number of hydrogen-bond donors (Lipinski definition) is 1. The minimum Gasteiger partial charge on any atom is -0.309 e. The normalized spacial score (nSPS) is 19.0. The van der Waals surface area contributed by atoms with E-state index < -0.39 is 0 Å². The van der Waals surface area contributed by atoms with E-state index in [1.165, 1.54) is 17.5 Å². The number of rotatable bonds is 5. The van der Waals surface area contributed by atoms with Crippen molar-refractivity contribution in [1.29, 1.82) is 0 Å². The fraction of sp³-hybridized carbons (Fsp3) is 0.333. The number of halogens is 1. The molecule has 1 N–H and O–H groups in total. The van der Waals surface area contributed by atoms with Crippen molar-refractivity contribution in [3.8, 4) is 0 Å². The van der Waals surface area contributed by atoms with Crippen LogP contribution < -0.4 is 5.32 Å². The Hall–Kier alpha value is -1.35. The highest BCUT2D eigenvalue weighted by Gasteiger charge is 2.21. The monoisotopic (exact) mass is 300 g/mol. The Morgan fingerprint density at radius 1 is 1.05 bits per heavy atom. The van der Waals surface area contributed by atoms with E-state index in [1.54, 1.807) is 0 Å². The first kappa shape index (κ1) is 14.6. The van der Waals surface area contributed by atoms with Gasteiger partial charge in [-0.3, -0.25) is 4.90 Å². The van der Waals surface area contributed by atoms with Crippen LogP contribution >= 0.6 is 11.6 Å². The molecule has 0 amide bonds. The molecule has 1 unspecified atom stereocenters. The molecule has 2 nitrogen and oxygen atoms in total. The second kappa shape index (κ2) is 7.08. The van der Waals surface area contributed by atoms with Crippen LogP contribution in [0, 0.1) is 0 Å². The van der Waals surface area contributed by atoms with Crippen molar-refractivity contribution in [2.75, 3.05) is 13.1 Å². The number of likely N-dealkylation sites (tertiary alicyclic amines) is 1. The second-order valence-electron chi connectivity index (χ2n) is 5.68. The lowest BCUT2D eigenvalue weighted by Crippen LogP contribution is -2.32. The summed E-state index contributed by atoms with van der Waals surface area (Å²) in [6, 6.07) is 19.3. The molecule has 1 aliphatic heterocycles. The van der Waals surface area contributed by atoms with Crippen molar-refractivity contribution in [2.24, 2.45) is 0 Å². The molecule has 1 saturated heterocycles. The van der Waals surface area contributed by atoms with Crippen LogP contribution in [0.25, 0.3) is 0 Å². The molecule has 3 rings (SSSR count). The molecule has 1 heterocycles. The van der Waals surface area contributed by atoms with Crippen LogP contribution in [0.3, 0.4) is 0 Å². The molecular formula is C18H21ClN2. The van der Waals surface area contributed by atoms with Crippen LogP contribution in [-0.4, -0.2) is 24.0 Å². The van der Waals surface area contributed by atoms with E-state index in [1.807, 2.05) is 18.2 Å². The molecule has 2 aromatic rings. The minimum atomic E-state index is 0.560. The smallest absolute Gasteiger partial charge is 0.0450 e. The Balaban J connectivity index is 1.48. The average Bonchev–Trinajstić information content (AvgIpc) is 2.95. The van der Waals surface area contributed by atoms with Crippen molar-refractivity contribution >= 4 is 11.6 Å². The second-order valence-corrected chi connectivity index (χ2v) is 6.09. The third-order valence-corrected chi connectivity index (χ3v) is 4.43. The van der Waals surface area contributed by atoms with Crippen molar-refractivity contribution in [3.63, 3.8) is 0 Å². The van der Waals surface area contributed by atoms with Crippen molar-refractivity contribution < 1.29 is 0 Å². The summed E-state index contributed by atoms with van der Waals surface area (Å²) in [4.78, 5) is 2.51. The zero-order chi connectivity index (χ0) is 14.5. The number of benzene rings is 2. The van der Waals surface area contributed by atoms with Gasteiger partial charge in [-0.05, 0) is 23.6 Å². The maximum Gasteiger partial charge on any atom is 0.0450 e. The van der Waals surface area contributed by atoms with Crippen LogP contribution in [0.4, 0.5) is 0 Å². The fourth-order valence-electron chi connectivity index (χ4n) is 2.88. The molecule has 3 heteroatoms. The SMILES string of the molecule is Clc1ccccc1CNC1CCN(Cc2ccccc2)C1. The average molecular weight is 301 g/mol. The summed E-state index contributed by atoms with van der Waals surface area (Å²) < 4.78 is 0. The first-order chi connectivity index (χ1) is 10.3. The first-order valence-electron chi connectivity index (χ1n) is 7.54. The van der Waals surface area contributed by atoms with Gasteiger partial charge in [-0.1, -0.05) is 60.1 Å². The summed E-state index contributed by atoms with van der Waals surface area (Å²) in [6.45, 7) is 4.17. The van der Waals surface area contributed by atoms with Gasteiger partial charge >= 0.3 is 0 Å². The minimum absolute atomic E-state index is 0.560. The van der Waals surface area contributed by atoms with Gasteiger partial charge in [0.25, 0.3) is 0 Å². The molecule has 0 saturated carbocycles. The Bertz CT molecular complexity index is 570. The molecule has 0 aliphatic carbocycles. The van der Waals surface area contributed by atoms with E-state index >= 15 is 0 Å². The molecule has 2 aromatic carbocycles. The van der Waals surface area contributed by atoms with E-state index in [-0.39, 0.29) is 0 Å². The van der Waals surface area contributed by atoms with Gasteiger partial charge < -0.3 is 5.32 Å². The van der Waals surface area contributed by atoms with Gasteiger partial charge in [0.1, 0.15) is 0 Å². The standard InChI is InChI=1S/C18H21ClN2/c19-18-9-5-4-8-16(18)12-20-17-10-11-21(14-17)13-15-6-2-1-3-7-15/h1-9,17,20H,10-14H2.